The fourth-order valence-electron chi connectivity index (χ4n) is 3.35. The van der Waals surface area contributed by atoms with E-state index in [4.69, 9.17) is 9.47 Å². The number of hydrogen-bond donors (Lipinski definition) is 1. The highest BCUT2D eigenvalue weighted by atomic mass is 32.2. The molecular weight excluding hydrogens is 434 g/mol. The van der Waals surface area contributed by atoms with Gasteiger partial charge in [-0.15, -0.1) is 0 Å². The molecule has 9 nitrogen and oxygen atoms in total. The molecule has 1 aromatic carbocycles. The van der Waals surface area contributed by atoms with E-state index < -0.39 is 33.9 Å². The van der Waals surface area contributed by atoms with Crippen molar-refractivity contribution < 1.29 is 27.5 Å². The summed E-state index contributed by atoms with van der Waals surface area (Å²) in [5.41, 5.74) is 0.565. The number of ether oxygens (including phenoxy) is 2. The average molecular weight is 462 g/mol. The molecule has 32 heavy (non-hydrogen) atoms. The van der Waals surface area contributed by atoms with Crippen LogP contribution in [0.25, 0.3) is 0 Å². The lowest BCUT2D eigenvalue weighted by atomic mass is 9.98. The van der Waals surface area contributed by atoms with Crippen LogP contribution in [0.1, 0.15) is 26.7 Å². The quantitative estimate of drug-likeness (QED) is 0.601. The molecule has 0 spiro atoms. The molecule has 3 rings (SSSR count). The van der Waals surface area contributed by atoms with Crippen LogP contribution < -0.4 is 10.1 Å². The van der Waals surface area contributed by atoms with E-state index in [2.05, 4.69) is 10.3 Å². The van der Waals surface area contributed by atoms with Crippen LogP contribution in [0, 0.1) is 5.92 Å². The van der Waals surface area contributed by atoms with Gasteiger partial charge in [-0.25, -0.2) is 8.42 Å². The number of nitrogens with one attached hydrogen (secondary N) is 1. The molecule has 0 saturated carbocycles. The first kappa shape index (κ1) is 23.7. The number of esters is 1. The highest BCUT2D eigenvalue weighted by molar-refractivity contribution is 7.89. The van der Waals surface area contributed by atoms with Gasteiger partial charge < -0.3 is 14.8 Å². The highest BCUT2D eigenvalue weighted by Crippen LogP contribution is 2.25. The van der Waals surface area contributed by atoms with E-state index in [0.29, 0.717) is 30.9 Å². The maximum Gasteiger partial charge on any atom is 0.309 e. The summed E-state index contributed by atoms with van der Waals surface area (Å²) in [6, 6.07) is 9.95. The van der Waals surface area contributed by atoms with Crippen LogP contribution in [0.3, 0.4) is 0 Å². The van der Waals surface area contributed by atoms with Crippen molar-refractivity contribution in [3.8, 4) is 5.75 Å². The first-order chi connectivity index (χ1) is 15.3. The van der Waals surface area contributed by atoms with Gasteiger partial charge >= 0.3 is 5.97 Å². The Kier molecular flexibility index (Phi) is 7.81. The molecule has 0 radical (unpaired) electrons. The minimum absolute atomic E-state index is 0.126. The van der Waals surface area contributed by atoms with Gasteiger partial charge in [0.2, 0.25) is 10.0 Å². The fraction of sp³-hybridized carbons (Fsp3) is 0.409. The lowest BCUT2D eigenvalue weighted by Crippen LogP contribution is -2.41. The van der Waals surface area contributed by atoms with Gasteiger partial charge in [-0.1, -0.05) is 0 Å². The molecule has 1 aliphatic heterocycles. The number of sulfonamides is 1. The summed E-state index contributed by atoms with van der Waals surface area (Å²) < 4.78 is 37.4. The number of anilines is 1. The predicted molar refractivity (Wildman–Crippen MR) is 118 cm³/mol. The van der Waals surface area contributed by atoms with Crippen molar-refractivity contribution in [3.63, 3.8) is 0 Å². The third kappa shape index (κ3) is 5.83. The van der Waals surface area contributed by atoms with Crippen molar-refractivity contribution in [2.75, 3.05) is 25.0 Å². The summed E-state index contributed by atoms with van der Waals surface area (Å²) in [5.74, 6) is -0.713. The van der Waals surface area contributed by atoms with Gasteiger partial charge in [0, 0.05) is 31.2 Å². The number of aromatic nitrogens is 1. The number of pyridine rings is 1. The molecule has 172 valence electrons. The molecule has 10 heteroatoms. The lowest BCUT2D eigenvalue weighted by Gasteiger charge is -2.30. The van der Waals surface area contributed by atoms with Crippen LogP contribution in [0.5, 0.6) is 5.75 Å². The van der Waals surface area contributed by atoms with Crippen LogP contribution >= 0.6 is 0 Å². The number of carbonyl (C=O) groups excluding carboxylic acids is 2. The zero-order valence-corrected chi connectivity index (χ0v) is 18.9. The van der Waals surface area contributed by atoms with E-state index in [1.54, 1.807) is 30.3 Å². The van der Waals surface area contributed by atoms with Crippen molar-refractivity contribution in [2.45, 2.75) is 37.7 Å². The van der Waals surface area contributed by atoms with Gasteiger partial charge in [-0.3, -0.25) is 14.6 Å². The van der Waals surface area contributed by atoms with Gasteiger partial charge in [0.15, 0.2) is 6.10 Å². The monoisotopic (exact) mass is 461 g/mol. The Hall–Kier alpha value is -2.98. The van der Waals surface area contributed by atoms with Crippen LogP contribution in [-0.2, 0) is 24.3 Å². The zero-order valence-electron chi connectivity index (χ0n) is 18.1. The lowest BCUT2D eigenvalue weighted by molar-refractivity contribution is -0.158. The van der Waals surface area contributed by atoms with Crippen molar-refractivity contribution in [1.82, 2.24) is 9.29 Å². The molecule has 1 fully saturated rings. The van der Waals surface area contributed by atoms with Gasteiger partial charge in [0.1, 0.15) is 10.6 Å². The Morgan fingerprint density at radius 2 is 1.88 bits per heavy atom. The first-order valence-electron chi connectivity index (χ1n) is 10.5. The molecular formula is C22H27N3O6S. The Labute approximate surface area is 187 Å². The Morgan fingerprint density at radius 3 is 2.47 bits per heavy atom. The SMILES string of the molecule is CCOc1ccc(NC(=O)C(C)OC(=O)C2CCN(S(=O)(=O)c3cccnc3)CC2)cc1. The smallest absolute Gasteiger partial charge is 0.309 e. The minimum atomic E-state index is -3.64. The number of hydrogen-bond acceptors (Lipinski definition) is 7. The zero-order chi connectivity index (χ0) is 23.1. The molecule has 2 heterocycles. The minimum Gasteiger partial charge on any atom is -0.494 e. The fourth-order valence-corrected chi connectivity index (χ4v) is 4.78. The second-order valence-electron chi connectivity index (χ2n) is 7.39. The van der Waals surface area contributed by atoms with Crippen LogP contribution in [0.15, 0.2) is 53.7 Å². The van der Waals surface area contributed by atoms with Crippen molar-refractivity contribution >= 4 is 27.6 Å². The predicted octanol–water partition coefficient (Wildman–Crippen LogP) is 2.45. The summed E-state index contributed by atoms with van der Waals surface area (Å²) >= 11 is 0. The van der Waals surface area contributed by atoms with Gasteiger partial charge in [0.25, 0.3) is 5.91 Å². The normalized spacial score (nSPS) is 16.2. The summed E-state index contributed by atoms with van der Waals surface area (Å²) in [5, 5.41) is 2.70. The largest absolute Gasteiger partial charge is 0.494 e. The second kappa shape index (κ2) is 10.6. The van der Waals surface area contributed by atoms with E-state index in [1.807, 2.05) is 6.92 Å². The van der Waals surface area contributed by atoms with Gasteiger partial charge in [-0.2, -0.15) is 4.31 Å². The maximum absolute atomic E-state index is 12.7. The second-order valence-corrected chi connectivity index (χ2v) is 9.33. The van der Waals surface area contributed by atoms with Crippen molar-refractivity contribution in [3.05, 3.63) is 48.8 Å². The Balaban J connectivity index is 1.49. The van der Waals surface area contributed by atoms with E-state index in [9.17, 15) is 18.0 Å². The van der Waals surface area contributed by atoms with E-state index in [1.165, 1.54) is 29.7 Å². The number of nitrogens with zero attached hydrogens (tertiary/aromatic N) is 2. The molecule has 1 aliphatic rings. The molecule has 1 aromatic heterocycles. The summed E-state index contributed by atoms with van der Waals surface area (Å²) in [6.07, 6.45) is 2.48. The summed E-state index contributed by atoms with van der Waals surface area (Å²) in [6.45, 7) is 4.33. The van der Waals surface area contributed by atoms with Crippen molar-refractivity contribution in [1.29, 1.82) is 0 Å². The van der Waals surface area contributed by atoms with Crippen LogP contribution in [-0.4, -0.2) is 55.4 Å². The molecule has 1 saturated heterocycles. The van der Waals surface area contributed by atoms with E-state index in [-0.39, 0.29) is 18.0 Å². The summed E-state index contributed by atoms with van der Waals surface area (Å²) in [4.78, 5) is 28.9. The number of benzene rings is 1. The van der Waals surface area contributed by atoms with Crippen molar-refractivity contribution in [2.24, 2.45) is 5.92 Å². The van der Waals surface area contributed by atoms with Crippen LogP contribution in [0.4, 0.5) is 5.69 Å². The maximum atomic E-state index is 12.7. The third-order valence-electron chi connectivity index (χ3n) is 5.15. The molecule has 1 N–H and O–H groups in total. The number of amides is 1. The van der Waals surface area contributed by atoms with Crippen LogP contribution in [0.2, 0.25) is 0 Å². The molecule has 2 aromatic rings. The number of rotatable bonds is 8. The molecule has 1 amide bonds. The third-order valence-corrected chi connectivity index (χ3v) is 7.04. The average Bonchev–Trinajstić information content (AvgIpc) is 2.81. The molecule has 0 bridgehead atoms. The van der Waals surface area contributed by atoms with E-state index in [0.717, 1.165) is 0 Å². The summed E-state index contributed by atoms with van der Waals surface area (Å²) in [7, 11) is -3.64. The standard InChI is InChI=1S/C22H27N3O6S/c1-3-30-19-8-6-18(7-9-19)24-21(26)16(2)31-22(27)17-10-13-25(14-11-17)32(28,29)20-5-4-12-23-15-20/h4-9,12,15-17H,3,10-11,13-14H2,1-2H3,(H,24,26). The highest BCUT2D eigenvalue weighted by Gasteiger charge is 2.34. The Morgan fingerprint density at radius 1 is 1.19 bits per heavy atom. The van der Waals surface area contributed by atoms with E-state index >= 15 is 0 Å². The first-order valence-corrected chi connectivity index (χ1v) is 11.9. The topological polar surface area (TPSA) is 115 Å². The van der Waals surface area contributed by atoms with Gasteiger partial charge in [-0.05, 0) is 63.1 Å². The molecule has 1 unspecified atom stereocenters. The number of carbonyl (C=O) groups is 2. The molecule has 0 aliphatic carbocycles. The molecule has 1 atom stereocenters. The van der Waals surface area contributed by atoms with Gasteiger partial charge in [0.05, 0.1) is 12.5 Å². The Bertz CT molecular complexity index is 1020. The number of piperidine rings is 1.